The molecule has 78 valence electrons. The fourth-order valence-electron chi connectivity index (χ4n) is 0.486. The Balaban J connectivity index is 3.86. The van der Waals surface area contributed by atoms with Crippen molar-refractivity contribution < 1.29 is 18.2 Å². The van der Waals surface area contributed by atoms with Crippen LogP contribution in [0.4, 0.5) is 0 Å². The summed E-state index contributed by atoms with van der Waals surface area (Å²) in [7, 11) is 0. The van der Waals surface area contributed by atoms with Crippen LogP contribution >= 0.6 is 0 Å². The van der Waals surface area contributed by atoms with E-state index in [1.165, 1.54) is 0 Å². The van der Waals surface area contributed by atoms with Crippen LogP contribution in [-0.2, 0) is 18.2 Å². The van der Waals surface area contributed by atoms with Gasteiger partial charge in [-0.2, -0.15) is 0 Å². The molecule has 0 spiro atoms. The molecule has 0 aromatic heterocycles. The molecule has 0 aliphatic carbocycles. The minimum absolute atomic E-state index is 0.344. The Labute approximate surface area is 90.8 Å². The van der Waals surface area contributed by atoms with Gasteiger partial charge in [-0.1, -0.05) is 0 Å². The van der Waals surface area contributed by atoms with Crippen molar-refractivity contribution >= 4 is 0 Å². The zero-order chi connectivity index (χ0) is 10.5. The number of hydrogen-bond acceptors (Lipinski definition) is 2. The van der Waals surface area contributed by atoms with E-state index in [1.807, 2.05) is 0 Å². The zero-order valence-corrected chi connectivity index (χ0v) is 12.7. The van der Waals surface area contributed by atoms with Crippen LogP contribution in [0.2, 0.25) is 0 Å². The fraction of sp³-hybridized carbons (Fsp3) is 1.00. The standard InChI is InChI=1S/2C5H11N.W/c2*1-5(2,3)4-6;/h2*4H2,1-3H3;. The number of hydrogen-bond donors (Lipinski definition) is 0. The van der Waals surface area contributed by atoms with Crippen LogP contribution in [0.15, 0.2) is 6.99 Å². The first-order chi connectivity index (χ1) is 5.71. The Morgan fingerprint density at radius 3 is 1.31 bits per heavy atom. The maximum absolute atomic E-state index is 4.55. The first kappa shape index (κ1) is 13.3. The average Bonchev–Trinajstić information content (AvgIpc) is 1.81. The van der Waals surface area contributed by atoms with Crippen LogP contribution in [-0.4, -0.2) is 13.1 Å². The molecule has 2 nitrogen and oxygen atoms in total. The van der Waals surface area contributed by atoms with Gasteiger partial charge in [-0.15, -0.1) is 0 Å². The third-order valence-electron chi connectivity index (χ3n) is 1.19. The Morgan fingerprint density at radius 2 is 1.08 bits per heavy atom. The van der Waals surface area contributed by atoms with Crippen molar-refractivity contribution in [3.05, 3.63) is 0 Å². The molecule has 0 bridgehead atoms. The van der Waals surface area contributed by atoms with Gasteiger partial charge in [0.25, 0.3) is 0 Å². The Kier molecular flexibility index (Phi) is 5.36. The molecule has 0 rings (SSSR count). The van der Waals surface area contributed by atoms with E-state index in [4.69, 9.17) is 0 Å². The third-order valence-corrected chi connectivity index (χ3v) is 2.95. The van der Waals surface area contributed by atoms with E-state index in [2.05, 4.69) is 48.5 Å². The van der Waals surface area contributed by atoms with Crippen molar-refractivity contribution in [2.24, 2.45) is 17.8 Å². The summed E-state index contributed by atoms with van der Waals surface area (Å²) >= 11 is -0.730. The van der Waals surface area contributed by atoms with Crippen LogP contribution in [0.3, 0.4) is 0 Å². The summed E-state index contributed by atoms with van der Waals surface area (Å²) in [5, 5.41) is 0. The molecule has 13 heavy (non-hydrogen) atoms. The molecule has 0 heterocycles. The molecule has 0 aromatic carbocycles. The maximum atomic E-state index is 4.55. The van der Waals surface area contributed by atoms with E-state index in [1.54, 1.807) is 0 Å². The Morgan fingerprint density at radius 1 is 0.769 bits per heavy atom. The molecule has 0 aliphatic rings. The fourth-order valence-corrected chi connectivity index (χ4v) is 3.98. The van der Waals surface area contributed by atoms with Gasteiger partial charge in [0.2, 0.25) is 0 Å². The predicted molar refractivity (Wildman–Crippen MR) is 53.5 cm³/mol. The summed E-state index contributed by atoms with van der Waals surface area (Å²) < 4.78 is 9.09. The van der Waals surface area contributed by atoms with Crippen LogP contribution < -0.4 is 0 Å². The van der Waals surface area contributed by atoms with Crippen LogP contribution in [0, 0.1) is 10.8 Å². The molecule has 3 heteroatoms. The molecule has 0 radical (unpaired) electrons. The summed E-state index contributed by atoms with van der Waals surface area (Å²) in [4.78, 5) is 0. The van der Waals surface area contributed by atoms with E-state index < -0.39 is 18.2 Å². The first-order valence-electron chi connectivity index (χ1n) is 4.70. The molecule has 0 aliphatic heterocycles. The van der Waals surface area contributed by atoms with Gasteiger partial charge >= 0.3 is 90.7 Å². The molecule has 0 saturated carbocycles. The quantitative estimate of drug-likeness (QED) is 0.725. The van der Waals surface area contributed by atoms with Gasteiger partial charge < -0.3 is 0 Å². The minimum atomic E-state index is -0.730. The van der Waals surface area contributed by atoms with Crippen molar-refractivity contribution in [3.63, 3.8) is 0 Å². The van der Waals surface area contributed by atoms with Gasteiger partial charge in [0, 0.05) is 0 Å². The van der Waals surface area contributed by atoms with Gasteiger partial charge in [-0.3, -0.25) is 0 Å². The van der Waals surface area contributed by atoms with E-state index in [-0.39, 0.29) is 0 Å². The SMILES string of the molecule is CC(C)(C)C[N]=[W]=[N]CC(C)(C)C. The van der Waals surface area contributed by atoms with Crippen molar-refractivity contribution in [1.29, 1.82) is 0 Å². The second-order valence-electron chi connectivity index (χ2n) is 5.78. The number of rotatable bonds is 2. The normalized spacial score (nSPS) is 12.5. The average molecular weight is 354 g/mol. The molecule has 0 N–H and O–H groups in total. The van der Waals surface area contributed by atoms with E-state index >= 15 is 0 Å². The van der Waals surface area contributed by atoms with Gasteiger partial charge in [-0.25, -0.2) is 0 Å². The van der Waals surface area contributed by atoms with Crippen molar-refractivity contribution in [3.8, 4) is 0 Å². The summed E-state index contributed by atoms with van der Waals surface area (Å²) in [5.41, 5.74) is 0.689. The zero-order valence-electron chi connectivity index (χ0n) is 9.72. The molecular weight excluding hydrogens is 332 g/mol. The molecule has 0 unspecified atom stereocenters. The van der Waals surface area contributed by atoms with Gasteiger partial charge in [0.1, 0.15) is 0 Å². The van der Waals surface area contributed by atoms with E-state index in [9.17, 15) is 0 Å². The van der Waals surface area contributed by atoms with E-state index in [0.717, 1.165) is 13.1 Å². The molecule has 0 amide bonds. The molecular formula is C10H22N2W. The van der Waals surface area contributed by atoms with Crippen LogP contribution in [0.25, 0.3) is 0 Å². The summed E-state index contributed by atoms with van der Waals surface area (Å²) in [6.07, 6.45) is 0. The predicted octanol–water partition coefficient (Wildman–Crippen LogP) is 3.53. The van der Waals surface area contributed by atoms with Crippen molar-refractivity contribution in [1.82, 2.24) is 0 Å². The molecule has 0 fully saturated rings. The van der Waals surface area contributed by atoms with Crippen molar-refractivity contribution in [2.45, 2.75) is 41.5 Å². The first-order valence-corrected chi connectivity index (χ1v) is 7.33. The summed E-state index contributed by atoms with van der Waals surface area (Å²) in [6.45, 7) is 15.3. The van der Waals surface area contributed by atoms with Crippen LogP contribution in [0.5, 0.6) is 0 Å². The Bertz CT molecular complexity index is 182. The molecule has 0 saturated heterocycles. The molecule has 0 atom stereocenters. The van der Waals surface area contributed by atoms with Crippen molar-refractivity contribution in [2.75, 3.05) is 13.1 Å². The van der Waals surface area contributed by atoms with Gasteiger partial charge in [0.05, 0.1) is 0 Å². The summed E-state index contributed by atoms with van der Waals surface area (Å²) in [5.74, 6) is 0. The van der Waals surface area contributed by atoms with Gasteiger partial charge in [-0.05, 0) is 0 Å². The third kappa shape index (κ3) is 12.3. The number of nitrogens with zero attached hydrogens (tertiary/aromatic N) is 2. The molecule has 0 aromatic rings. The second kappa shape index (κ2) is 5.24. The monoisotopic (exact) mass is 354 g/mol. The van der Waals surface area contributed by atoms with Crippen LogP contribution in [0.1, 0.15) is 41.5 Å². The Hall–Kier alpha value is 0.288. The summed E-state index contributed by atoms with van der Waals surface area (Å²) in [6, 6.07) is 0. The van der Waals surface area contributed by atoms with E-state index in [0.29, 0.717) is 10.8 Å². The topological polar surface area (TPSA) is 24.7 Å². The van der Waals surface area contributed by atoms with Gasteiger partial charge in [0.15, 0.2) is 0 Å². The second-order valence-corrected chi connectivity index (χ2v) is 8.22.